The van der Waals surface area contributed by atoms with Crippen LogP contribution in [0.3, 0.4) is 0 Å². The molecule has 3 N–H and O–H groups in total. The number of carboxylic acids is 1. The number of imidazole rings is 1. The van der Waals surface area contributed by atoms with Crippen LogP contribution in [0.1, 0.15) is 43.0 Å². The summed E-state index contributed by atoms with van der Waals surface area (Å²) in [5, 5.41) is 12.2. The van der Waals surface area contributed by atoms with Crippen LogP contribution < -0.4 is 5.32 Å². The van der Waals surface area contributed by atoms with Crippen molar-refractivity contribution in [3.63, 3.8) is 0 Å². The molecule has 0 radical (unpaired) electrons. The van der Waals surface area contributed by atoms with Crippen molar-refractivity contribution in [1.82, 2.24) is 9.97 Å². The number of carbonyl (C=O) groups is 1. The Morgan fingerprint density at radius 3 is 2.68 bits per heavy atom. The number of hydrogen-bond acceptors (Lipinski definition) is 3. The molecule has 6 heteroatoms. The van der Waals surface area contributed by atoms with Crippen LogP contribution in [0, 0.1) is 11.8 Å². The number of rotatable bonds is 6. The predicted molar refractivity (Wildman–Crippen MR) is 112 cm³/mol. The Balaban J connectivity index is 1.84. The van der Waals surface area contributed by atoms with Gasteiger partial charge in [0, 0.05) is 12.1 Å². The minimum atomic E-state index is -0.960. The lowest BCUT2D eigenvalue weighted by Crippen LogP contribution is -2.09. The van der Waals surface area contributed by atoms with Crippen molar-refractivity contribution in [2.45, 2.75) is 32.6 Å². The number of nitrogens with one attached hydrogen (secondary N) is 2. The summed E-state index contributed by atoms with van der Waals surface area (Å²) in [4.78, 5) is 23.1. The van der Waals surface area contributed by atoms with Crippen LogP contribution in [0.5, 0.6) is 0 Å². The first-order valence-corrected chi connectivity index (χ1v) is 9.28. The molecule has 0 unspecified atom stereocenters. The third-order valence-electron chi connectivity index (χ3n) is 4.10. The molecular formula is C22H22N4O2. The maximum atomic E-state index is 11.0. The van der Waals surface area contributed by atoms with E-state index in [2.05, 4.69) is 39.0 Å². The molecule has 142 valence electrons. The number of aromatic amines is 1. The Bertz CT molecular complexity index is 1010. The molecule has 0 fully saturated rings. The molecule has 3 rings (SSSR count). The SMILES string of the molecule is CCCCCC#C/C(=N/c1nc2ccccc2[nH]1)Nc1ccc(C(=O)O)cc1. The Morgan fingerprint density at radius 1 is 1.18 bits per heavy atom. The lowest BCUT2D eigenvalue weighted by atomic mass is 10.2. The van der Waals surface area contributed by atoms with Crippen LogP contribution in [0.15, 0.2) is 53.5 Å². The quantitative estimate of drug-likeness (QED) is 0.245. The van der Waals surface area contributed by atoms with E-state index in [1.807, 2.05) is 24.3 Å². The van der Waals surface area contributed by atoms with Gasteiger partial charge < -0.3 is 15.4 Å². The van der Waals surface area contributed by atoms with Gasteiger partial charge in [0.15, 0.2) is 5.84 Å². The maximum Gasteiger partial charge on any atom is 0.335 e. The van der Waals surface area contributed by atoms with E-state index >= 15 is 0 Å². The van der Waals surface area contributed by atoms with E-state index in [1.165, 1.54) is 12.1 Å². The highest BCUT2D eigenvalue weighted by Gasteiger charge is 2.05. The average Bonchev–Trinajstić information content (AvgIpc) is 3.10. The van der Waals surface area contributed by atoms with Gasteiger partial charge in [-0.2, -0.15) is 4.99 Å². The minimum Gasteiger partial charge on any atom is -0.478 e. The first-order chi connectivity index (χ1) is 13.7. The lowest BCUT2D eigenvalue weighted by molar-refractivity contribution is 0.0697. The van der Waals surface area contributed by atoms with Crippen molar-refractivity contribution in [3.8, 4) is 11.8 Å². The Morgan fingerprint density at radius 2 is 1.96 bits per heavy atom. The van der Waals surface area contributed by atoms with Crippen molar-refractivity contribution in [3.05, 3.63) is 54.1 Å². The highest BCUT2D eigenvalue weighted by molar-refractivity contribution is 6.09. The second kappa shape index (κ2) is 9.38. The van der Waals surface area contributed by atoms with Crippen molar-refractivity contribution in [1.29, 1.82) is 0 Å². The van der Waals surface area contributed by atoms with E-state index in [1.54, 1.807) is 12.1 Å². The number of para-hydroxylation sites is 2. The third kappa shape index (κ3) is 5.21. The number of H-pyrrole nitrogens is 1. The van der Waals surface area contributed by atoms with Crippen molar-refractivity contribution >= 4 is 34.5 Å². The first-order valence-electron chi connectivity index (χ1n) is 9.28. The monoisotopic (exact) mass is 374 g/mol. The normalized spacial score (nSPS) is 11.1. The predicted octanol–water partition coefficient (Wildman–Crippen LogP) is 4.99. The Labute approximate surface area is 163 Å². The Hall–Kier alpha value is -3.59. The van der Waals surface area contributed by atoms with Gasteiger partial charge in [0.25, 0.3) is 0 Å². The molecule has 0 aliphatic rings. The summed E-state index contributed by atoms with van der Waals surface area (Å²) in [5.41, 5.74) is 2.68. The number of aromatic nitrogens is 2. The number of fused-ring (bicyclic) bond motifs is 1. The van der Waals surface area contributed by atoms with Crippen molar-refractivity contribution in [2.75, 3.05) is 5.32 Å². The maximum absolute atomic E-state index is 11.0. The van der Waals surface area contributed by atoms with Crippen LogP contribution in [0.2, 0.25) is 0 Å². The first kappa shape index (κ1) is 19.2. The topological polar surface area (TPSA) is 90.4 Å². The molecule has 1 aromatic heterocycles. The van der Waals surface area contributed by atoms with Crippen LogP contribution in [0.25, 0.3) is 11.0 Å². The number of nitrogens with zero attached hydrogens (tertiary/aromatic N) is 2. The van der Waals surface area contributed by atoms with Crippen LogP contribution in [-0.2, 0) is 0 Å². The molecule has 3 aromatic rings. The summed E-state index contributed by atoms with van der Waals surface area (Å²) in [6, 6.07) is 14.2. The second-order valence-corrected chi connectivity index (χ2v) is 6.30. The highest BCUT2D eigenvalue weighted by atomic mass is 16.4. The van der Waals surface area contributed by atoms with Crippen LogP contribution in [0.4, 0.5) is 11.6 Å². The number of benzene rings is 2. The highest BCUT2D eigenvalue weighted by Crippen LogP contribution is 2.16. The summed E-state index contributed by atoms with van der Waals surface area (Å²) in [5.74, 6) is 6.18. The van der Waals surface area contributed by atoms with Gasteiger partial charge in [-0.05, 0) is 48.7 Å². The van der Waals surface area contributed by atoms with Crippen molar-refractivity contribution in [2.24, 2.45) is 4.99 Å². The van der Waals surface area contributed by atoms with E-state index in [0.717, 1.165) is 36.7 Å². The number of unbranched alkanes of at least 4 members (excludes halogenated alkanes) is 3. The van der Waals surface area contributed by atoms with Gasteiger partial charge in [-0.1, -0.05) is 37.8 Å². The van der Waals surface area contributed by atoms with E-state index < -0.39 is 5.97 Å². The Kier molecular flexibility index (Phi) is 6.42. The number of aliphatic imine (C=N–C) groups is 1. The summed E-state index contributed by atoms with van der Waals surface area (Å²) >= 11 is 0. The number of hydrogen-bond donors (Lipinski definition) is 3. The molecule has 6 nitrogen and oxygen atoms in total. The average molecular weight is 374 g/mol. The summed E-state index contributed by atoms with van der Waals surface area (Å²) in [7, 11) is 0. The molecule has 0 saturated heterocycles. The molecular weight excluding hydrogens is 352 g/mol. The van der Waals surface area contributed by atoms with E-state index in [4.69, 9.17) is 5.11 Å². The fraction of sp³-hybridized carbons (Fsp3) is 0.227. The second-order valence-electron chi connectivity index (χ2n) is 6.30. The molecule has 0 aliphatic carbocycles. The van der Waals surface area contributed by atoms with E-state index in [0.29, 0.717) is 17.5 Å². The molecule has 0 bridgehead atoms. The number of carboxylic acid groups (broad SMARTS) is 1. The molecule has 1 heterocycles. The molecule has 0 atom stereocenters. The van der Waals surface area contributed by atoms with Gasteiger partial charge >= 0.3 is 5.97 Å². The van der Waals surface area contributed by atoms with Gasteiger partial charge in [-0.25, -0.2) is 9.78 Å². The minimum absolute atomic E-state index is 0.229. The molecule has 0 saturated carbocycles. The van der Waals surface area contributed by atoms with Gasteiger partial charge in [0.1, 0.15) is 0 Å². The van der Waals surface area contributed by atoms with Crippen LogP contribution in [-0.4, -0.2) is 26.9 Å². The number of amidine groups is 1. The number of anilines is 1. The summed E-state index contributed by atoms with van der Waals surface area (Å²) < 4.78 is 0. The fourth-order valence-electron chi connectivity index (χ4n) is 2.63. The van der Waals surface area contributed by atoms with Crippen LogP contribution >= 0.6 is 0 Å². The molecule has 28 heavy (non-hydrogen) atoms. The standard InChI is InChI=1S/C22H22N4O2/c1-2-3-4-5-6-11-20(23-17-14-12-16(13-15-17)21(27)28)26-22-24-18-9-7-8-10-19(18)25-22/h7-10,12-15H,2-5H2,1H3,(H,27,28)(H2,23,24,25,26). The smallest absolute Gasteiger partial charge is 0.335 e. The van der Waals surface area contributed by atoms with Gasteiger partial charge in [0.2, 0.25) is 5.95 Å². The van der Waals surface area contributed by atoms with Gasteiger partial charge in [-0.15, -0.1) is 0 Å². The molecule has 2 aromatic carbocycles. The molecule has 0 amide bonds. The lowest BCUT2D eigenvalue weighted by Gasteiger charge is -2.04. The molecule has 0 aliphatic heterocycles. The fourth-order valence-corrected chi connectivity index (χ4v) is 2.63. The van der Waals surface area contributed by atoms with Gasteiger partial charge in [-0.3, -0.25) is 0 Å². The van der Waals surface area contributed by atoms with E-state index in [9.17, 15) is 4.79 Å². The van der Waals surface area contributed by atoms with E-state index in [-0.39, 0.29) is 5.56 Å². The summed E-state index contributed by atoms with van der Waals surface area (Å²) in [6.45, 7) is 2.16. The number of aromatic carboxylic acids is 1. The zero-order valence-electron chi connectivity index (χ0n) is 15.7. The van der Waals surface area contributed by atoms with Gasteiger partial charge in [0.05, 0.1) is 16.6 Å². The molecule has 0 spiro atoms. The zero-order valence-corrected chi connectivity index (χ0v) is 15.7. The summed E-state index contributed by atoms with van der Waals surface area (Å²) in [6.07, 6.45) is 4.14. The zero-order chi connectivity index (χ0) is 19.8. The van der Waals surface area contributed by atoms with Crippen molar-refractivity contribution < 1.29 is 9.90 Å². The largest absolute Gasteiger partial charge is 0.478 e. The third-order valence-corrected chi connectivity index (χ3v) is 4.10.